The van der Waals surface area contributed by atoms with E-state index in [2.05, 4.69) is 12.2 Å². The molecule has 0 fully saturated rings. The number of nitrogens with zero attached hydrogens (tertiary/aromatic N) is 1. The predicted octanol–water partition coefficient (Wildman–Crippen LogP) is 1.95. The van der Waals surface area contributed by atoms with Crippen molar-refractivity contribution in [3.63, 3.8) is 0 Å². The zero-order chi connectivity index (χ0) is 13.1. The second kappa shape index (κ2) is 10.5. The van der Waals surface area contributed by atoms with Gasteiger partial charge >= 0.3 is 5.97 Å². The lowest BCUT2D eigenvalue weighted by molar-refractivity contribution is -0.139. The second-order valence-corrected chi connectivity index (χ2v) is 4.85. The van der Waals surface area contributed by atoms with Crippen LogP contribution in [-0.2, 0) is 4.79 Å². The van der Waals surface area contributed by atoms with Gasteiger partial charge in [0.25, 0.3) is 0 Å². The van der Waals surface area contributed by atoms with E-state index in [1.165, 1.54) is 19.3 Å². The predicted molar refractivity (Wildman–Crippen MR) is 71.4 cm³/mol. The van der Waals surface area contributed by atoms with Crippen LogP contribution in [0.15, 0.2) is 0 Å². The first-order chi connectivity index (χ1) is 8.07. The fraction of sp³-hybridized carbons (Fsp3) is 0.923. The normalized spacial score (nSPS) is 12.9. The Morgan fingerprint density at radius 1 is 1.24 bits per heavy atom. The van der Waals surface area contributed by atoms with Crippen LogP contribution in [-0.4, -0.2) is 49.2 Å². The highest BCUT2D eigenvalue weighted by Crippen LogP contribution is 2.07. The van der Waals surface area contributed by atoms with Gasteiger partial charge in [0.2, 0.25) is 0 Å². The van der Waals surface area contributed by atoms with E-state index >= 15 is 0 Å². The van der Waals surface area contributed by atoms with Crippen LogP contribution in [0.2, 0.25) is 0 Å². The molecule has 4 nitrogen and oxygen atoms in total. The van der Waals surface area contributed by atoms with Gasteiger partial charge in [0, 0.05) is 13.1 Å². The van der Waals surface area contributed by atoms with E-state index in [0.29, 0.717) is 0 Å². The number of hydrogen-bond donors (Lipinski definition) is 2. The van der Waals surface area contributed by atoms with Crippen LogP contribution in [0.3, 0.4) is 0 Å². The van der Waals surface area contributed by atoms with E-state index in [9.17, 15) is 4.79 Å². The number of likely N-dealkylation sites (N-methyl/N-ethyl adjacent to an activating group) is 1. The molecule has 0 aliphatic carbocycles. The van der Waals surface area contributed by atoms with Gasteiger partial charge in [0.15, 0.2) is 0 Å². The van der Waals surface area contributed by atoms with Crippen molar-refractivity contribution in [3.05, 3.63) is 0 Å². The summed E-state index contributed by atoms with van der Waals surface area (Å²) in [7, 11) is 3.98. The van der Waals surface area contributed by atoms with Crippen molar-refractivity contribution < 1.29 is 9.90 Å². The molecule has 0 aromatic carbocycles. The van der Waals surface area contributed by atoms with Crippen molar-refractivity contribution >= 4 is 5.97 Å². The van der Waals surface area contributed by atoms with Crippen LogP contribution in [0.25, 0.3) is 0 Å². The molecule has 0 spiro atoms. The van der Waals surface area contributed by atoms with Crippen molar-refractivity contribution in [3.8, 4) is 0 Å². The van der Waals surface area contributed by atoms with Crippen LogP contribution in [0.4, 0.5) is 0 Å². The van der Waals surface area contributed by atoms with Crippen LogP contribution >= 0.6 is 0 Å². The molecule has 102 valence electrons. The first-order valence-electron chi connectivity index (χ1n) is 6.68. The Morgan fingerprint density at radius 3 is 2.41 bits per heavy atom. The second-order valence-electron chi connectivity index (χ2n) is 4.85. The lowest BCUT2D eigenvalue weighted by Crippen LogP contribution is -2.40. The maximum Gasteiger partial charge on any atom is 0.320 e. The summed E-state index contributed by atoms with van der Waals surface area (Å²) in [6, 6.07) is -0.378. The molecule has 0 aliphatic heterocycles. The number of carboxylic acid groups (broad SMARTS) is 1. The Hall–Kier alpha value is -0.610. The Balaban J connectivity index is 3.64. The van der Waals surface area contributed by atoms with E-state index in [0.717, 1.165) is 32.4 Å². The monoisotopic (exact) mass is 244 g/mol. The van der Waals surface area contributed by atoms with Crippen molar-refractivity contribution in [2.75, 3.05) is 27.2 Å². The third-order valence-corrected chi connectivity index (χ3v) is 2.84. The molecule has 4 heteroatoms. The van der Waals surface area contributed by atoms with E-state index in [-0.39, 0.29) is 6.04 Å². The fourth-order valence-electron chi connectivity index (χ4n) is 1.73. The van der Waals surface area contributed by atoms with Gasteiger partial charge < -0.3 is 15.3 Å². The molecule has 0 aromatic rings. The summed E-state index contributed by atoms with van der Waals surface area (Å²) in [6.07, 6.45) is 6.60. The Labute approximate surface area is 105 Å². The Morgan fingerprint density at radius 2 is 1.88 bits per heavy atom. The fourth-order valence-corrected chi connectivity index (χ4v) is 1.73. The number of carboxylic acids is 1. The SMILES string of the molecule is CCCCCCCC(NCCN(C)C)C(=O)O. The number of hydrogen-bond acceptors (Lipinski definition) is 3. The maximum absolute atomic E-state index is 11.0. The first kappa shape index (κ1) is 16.4. The Bertz CT molecular complexity index is 196. The molecule has 1 atom stereocenters. The van der Waals surface area contributed by atoms with Crippen LogP contribution in [0.1, 0.15) is 45.4 Å². The van der Waals surface area contributed by atoms with Crippen LogP contribution in [0.5, 0.6) is 0 Å². The molecule has 0 saturated heterocycles. The van der Waals surface area contributed by atoms with Gasteiger partial charge in [-0.3, -0.25) is 4.79 Å². The highest BCUT2D eigenvalue weighted by molar-refractivity contribution is 5.73. The molecule has 0 amide bonds. The average molecular weight is 244 g/mol. The molecule has 17 heavy (non-hydrogen) atoms. The topological polar surface area (TPSA) is 52.6 Å². The summed E-state index contributed by atoms with van der Waals surface area (Å²) in [6.45, 7) is 3.79. The third-order valence-electron chi connectivity index (χ3n) is 2.84. The minimum Gasteiger partial charge on any atom is -0.480 e. The maximum atomic E-state index is 11.0. The zero-order valence-electron chi connectivity index (χ0n) is 11.5. The van der Waals surface area contributed by atoms with E-state index < -0.39 is 5.97 Å². The summed E-state index contributed by atoms with van der Waals surface area (Å²) in [5.41, 5.74) is 0. The molecule has 0 aromatic heterocycles. The molecule has 2 N–H and O–H groups in total. The summed E-state index contributed by atoms with van der Waals surface area (Å²) < 4.78 is 0. The van der Waals surface area contributed by atoms with Crippen LogP contribution in [0, 0.1) is 0 Å². The van der Waals surface area contributed by atoms with Gasteiger partial charge in [0.05, 0.1) is 0 Å². The molecule has 0 rings (SSSR count). The summed E-state index contributed by atoms with van der Waals surface area (Å²) in [5, 5.41) is 12.2. The van der Waals surface area contributed by atoms with E-state index in [1.54, 1.807) is 0 Å². The minimum absolute atomic E-state index is 0.378. The quantitative estimate of drug-likeness (QED) is 0.545. The van der Waals surface area contributed by atoms with Gasteiger partial charge in [-0.2, -0.15) is 0 Å². The number of rotatable bonds is 11. The van der Waals surface area contributed by atoms with E-state index in [1.807, 2.05) is 19.0 Å². The average Bonchev–Trinajstić information content (AvgIpc) is 2.25. The molecule has 0 saturated carbocycles. The molecule has 0 heterocycles. The highest BCUT2D eigenvalue weighted by Gasteiger charge is 2.15. The van der Waals surface area contributed by atoms with Gasteiger partial charge in [-0.1, -0.05) is 39.0 Å². The summed E-state index contributed by atoms with van der Waals surface area (Å²) in [4.78, 5) is 13.1. The standard InChI is InChI=1S/C13H28N2O2/c1-4-5-6-7-8-9-12(13(16)17)14-10-11-15(2)3/h12,14H,4-11H2,1-3H3,(H,16,17). The number of aliphatic carboxylic acids is 1. The lowest BCUT2D eigenvalue weighted by atomic mass is 10.1. The molecule has 0 radical (unpaired) electrons. The Kier molecular flexibility index (Phi) is 10.2. The van der Waals surface area contributed by atoms with Gasteiger partial charge in [-0.25, -0.2) is 0 Å². The largest absolute Gasteiger partial charge is 0.480 e. The van der Waals surface area contributed by atoms with Crippen molar-refractivity contribution in [1.29, 1.82) is 0 Å². The lowest BCUT2D eigenvalue weighted by Gasteiger charge is -2.16. The smallest absolute Gasteiger partial charge is 0.320 e. The van der Waals surface area contributed by atoms with Crippen molar-refractivity contribution in [2.45, 2.75) is 51.5 Å². The highest BCUT2D eigenvalue weighted by atomic mass is 16.4. The van der Waals surface area contributed by atoms with Gasteiger partial charge in [-0.05, 0) is 20.5 Å². The van der Waals surface area contributed by atoms with Crippen molar-refractivity contribution in [1.82, 2.24) is 10.2 Å². The number of nitrogens with one attached hydrogen (secondary N) is 1. The zero-order valence-corrected chi connectivity index (χ0v) is 11.5. The molecule has 0 bridgehead atoms. The number of unbranched alkanes of at least 4 members (excludes halogenated alkanes) is 4. The molecular weight excluding hydrogens is 216 g/mol. The molecular formula is C13H28N2O2. The van der Waals surface area contributed by atoms with Crippen molar-refractivity contribution in [2.24, 2.45) is 0 Å². The summed E-state index contributed by atoms with van der Waals surface area (Å²) in [5.74, 6) is -0.723. The van der Waals surface area contributed by atoms with Crippen LogP contribution < -0.4 is 5.32 Å². The number of carbonyl (C=O) groups is 1. The minimum atomic E-state index is -0.723. The van der Waals surface area contributed by atoms with Gasteiger partial charge in [-0.15, -0.1) is 0 Å². The van der Waals surface area contributed by atoms with Gasteiger partial charge in [0.1, 0.15) is 6.04 Å². The molecule has 1 unspecified atom stereocenters. The summed E-state index contributed by atoms with van der Waals surface area (Å²) >= 11 is 0. The van der Waals surface area contributed by atoms with E-state index in [4.69, 9.17) is 5.11 Å². The third kappa shape index (κ3) is 10.3. The first-order valence-corrected chi connectivity index (χ1v) is 6.68. The molecule has 0 aliphatic rings.